The number of fused-ring (bicyclic) bond motifs is 1. The number of nitrogens with zero attached hydrogens (tertiary/aromatic N) is 4. The van der Waals surface area contributed by atoms with Crippen molar-refractivity contribution < 1.29 is 9.90 Å². The second kappa shape index (κ2) is 6.41. The highest BCUT2D eigenvalue weighted by atomic mass is 16.3. The van der Waals surface area contributed by atoms with Gasteiger partial charge in [0.2, 0.25) is 5.91 Å². The summed E-state index contributed by atoms with van der Waals surface area (Å²) in [5, 5.41) is 13.6. The van der Waals surface area contributed by atoms with Gasteiger partial charge in [0.05, 0.1) is 6.10 Å². The first-order chi connectivity index (χ1) is 9.63. The molecule has 0 saturated carbocycles. The molecule has 1 N–H and O–H groups in total. The van der Waals surface area contributed by atoms with Crippen LogP contribution in [0.15, 0.2) is 23.3 Å². The quantitative estimate of drug-likeness (QED) is 0.387. The van der Waals surface area contributed by atoms with Gasteiger partial charge in [-0.3, -0.25) is 4.79 Å². The number of hydrogen-bond acceptors (Lipinski definition) is 3. The lowest BCUT2D eigenvalue weighted by atomic mass is 10.0. The molecule has 0 radical (unpaired) electrons. The molecule has 0 fully saturated rings. The van der Waals surface area contributed by atoms with Crippen LogP contribution >= 0.6 is 0 Å². The van der Waals surface area contributed by atoms with Crippen molar-refractivity contribution in [3.8, 4) is 0 Å². The van der Waals surface area contributed by atoms with Crippen molar-refractivity contribution in [2.75, 3.05) is 18.0 Å². The Kier molecular flexibility index (Phi) is 4.61. The van der Waals surface area contributed by atoms with E-state index in [2.05, 4.69) is 10.0 Å². The SMILES string of the molecule is CC(=O)N1CCc2cc(C(O)CCCN=[N+]=[N-])ccc21. The van der Waals surface area contributed by atoms with Gasteiger partial charge in [-0.15, -0.1) is 0 Å². The van der Waals surface area contributed by atoms with E-state index in [1.807, 2.05) is 18.2 Å². The molecule has 1 aliphatic heterocycles. The Balaban J connectivity index is 2.04. The molecule has 1 unspecified atom stereocenters. The van der Waals surface area contributed by atoms with Crippen LogP contribution in [0.3, 0.4) is 0 Å². The summed E-state index contributed by atoms with van der Waals surface area (Å²) in [6, 6.07) is 5.73. The zero-order valence-electron chi connectivity index (χ0n) is 11.5. The summed E-state index contributed by atoms with van der Waals surface area (Å²) >= 11 is 0. The molecule has 0 spiro atoms. The van der Waals surface area contributed by atoms with Crippen molar-refractivity contribution >= 4 is 11.6 Å². The van der Waals surface area contributed by atoms with Crippen LogP contribution in [0.25, 0.3) is 10.4 Å². The molecule has 1 amide bonds. The van der Waals surface area contributed by atoms with Gasteiger partial charge < -0.3 is 10.0 Å². The van der Waals surface area contributed by atoms with Crippen LogP contribution in [0.2, 0.25) is 0 Å². The molecular formula is C14H18N4O2. The van der Waals surface area contributed by atoms with Gasteiger partial charge in [-0.25, -0.2) is 0 Å². The molecule has 1 atom stereocenters. The lowest BCUT2D eigenvalue weighted by Crippen LogP contribution is -2.25. The van der Waals surface area contributed by atoms with Gasteiger partial charge >= 0.3 is 0 Å². The van der Waals surface area contributed by atoms with E-state index in [0.29, 0.717) is 25.9 Å². The summed E-state index contributed by atoms with van der Waals surface area (Å²) in [6.45, 7) is 2.67. The zero-order valence-corrected chi connectivity index (χ0v) is 11.5. The van der Waals surface area contributed by atoms with E-state index < -0.39 is 6.10 Å². The van der Waals surface area contributed by atoms with Crippen LogP contribution in [0.4, 0.5) is 5.69 Å². The first-order valence-corrected chi connectivity index (χ1v) is 6.73. The molecule has 106 valence electrons. The molecule has 6 nitrogen and oxygen atoms in total. The maximum absolute atomic E-state index is 11.5. The van der Waals surface area contributed by atoms with Crippen molar-refractivity contribution in [3.63, 3.8) is 0 Å². The van der Waals surface area contributed by atoms with E-state index in [9.17, 15) is 9.90 Å². The van der Waals surface area contributed by atoms with E-state index >= 15 is 0 Å². The largest absolute Gasteiger partial charge is 0.388 e. The molecule has 0 aliphatic carbocycles. The van der Waals surface area contributed by atoms with Crippen LogP contribution < -0.4 is 4.90 Å². The van der Waals surface area contributed by atoms with Gasteiger partial charge in [-0.05, 0) is 42.0 Å². The molecular weight excluding hydrogens is 256 g/mol. The highest BCUT2D eigenvalue weighted by molar-refractivity contribution is 5.93. The van der Waals surface area contributed by atoms with Crippen LogP contribution in [0, 0.1) is 0 Å². The summed E-state index contributed by atoms with van der Waals surface area (Å²) in [4.78, 5) is 15.9. The summed E-state index contributed by atoms with van der Waals surface area (Å²) in [5.41, 5.74) is 11.1. The Labute approximate surface area is 117 Å². The maximum atomic E-state index is 11.5. The Morgan fingerprint density at radius 3 is 3.10 bits per heavy atom. The molecule has 1 heterocycles. The maximum Gasteiger partial charge on any atom is 0.223 e. The molecule has 1 aromatic rings. The number of amides is 1. The minimum Gasteiger partial charge on any atom is -0.388 e. The van der Waals surface area contributed by atoms with Gasteiger partial charge in [-0.2, -0.15) is 0 Å². The monoisotopic (exact) mass is 274 g/mol. The minimum atomic E-state index is -0.555. The number of azide groups is 1. The van der Waals surface area contributed by atoms with Gasteiger partial charge in [0, 0.05) is 30.6 Å². The summed E-state index contributed by atoms with van der Waals surface area (Å²) in [6.07, 6.45) is 1.49. The van der Waals surface area contributed by atoms with Gasteiger partial charge in [0.25, 0.3) is 0 Å². The standard InChI is InChI=1S/C14H18N4O2/c1-10(19)18-8-6-11-9-12(4-5-13(11)18)14(20)3-2-7-16-17-15/h4-5,9,14,20H,2-3,6-8H2,1H3. The van der Waals surface area contributed by atoms with Crippen molar-refractivity contribution in [2.45, 2.75) is 32.3 Å². The fourth-order valence-corrected chi connectivity index (χ4v) is 2.52. The van der Waals surface area contributed by atoms with Crippen LogP contribution in [0.1, 0.15) is 37.0 Å². The van der Waals surface area contributed by atoms with Gasteiger partial charge in [0.1, 0.15) is 0 Å². The first kappa shape index (κ1) is 14.4. The number of anilines is 1. The number of aliphatic hydroxyl groups is 1. The number of aliphatic hydroxyl groups excluding tert-OH is 1. The fourth-order valence-electron chi connectivity index (χ4n) is 2.52. The van der Waals surface area contributed by atoms with Gasteiger partial charge in [0.15, 0.2) is 0 Å². The van der Waals surface area contributed by atoms with Gasteiger partial charge in [-0.1, -0.05) is 17.2 Å². The molecule has 0 saturated heterocycles. The number of hydrogen-bond donors (Lipinski definition) is 1. The number of rotatable bonds is 5. The van der Waals surface area contributed by atoms with Crippen molar-refractivity contribution in [1.29, 1.82) is 0 Å². The Hall–Kier alpha value is -2.04. The molecule has 0 aromatic heterocycles. The number of carbonyl (C=O) groups is 1. The molecule has 1 aromatic carbocycles. The van der Waals surface area contributed by atoms with E-state index in [0.717, 1.165) is 23.2 Å². The molecule has 0 bridgehead atoms. The lowest BCUT2D eigenvalue weighted by molar-refractivity contribution is -0.116. The number of carbonyl (C=O) groups excluding carboxylic acids is 1. The predicted octanol–water partition coefficient (Wildman–Crippen LogP) is 2.72. The molecule has 20 heavy (non-hydrogen) atoms. The third-order valence-electron chi connectivity index (χ3n) is 3.56. The van der Waals surface area contributed by atoms with Crippen molar-refractivity contribution in [1.82, 2.24) is 0 Å². The molecule has 6 heteroatoms. The first-order valence-electron chi connectivity index (χ1n) is 6.73. The van der Waals surface area contributed by atoms with E-state index in [1.165, 1.54) is 0 Å². The lowest BCUT2D eigenvalue weighted by Gasteiger charge is -2.16. The fraction of sp³-hybridized carbons (Fsp3) is 0.500. The highest BCUT2D eigenvalue weighted by Gasteiger charge is 2.22. The summed E-state index contributed by atoms with van der Waals surface area (Å²) in [7, 11) is 0. The van der Waals surface area contributed by atoms with E-state index in [-0.39, 0.29) is 5.91 Å². The number of benzene rings is 1. The topological polar surface area (TPSA) is 89.3 Å². The van der Waals surface area contributed by atoms with E-state index in [4.69, 9.17) is 5.53 Å². The van der Waals surface area contributed by atoms with Crippen LogP contribution in [0.5, 0.6) is 0 Å². The molecule has 1 aliphatic rings. The summed E-state index contributed by atoms with van der Waals surface area (Å²) in [5.74, 6) is 0.0476. The third-order valence-corrected chi connectivity index (χ3v) is 3.56. The van der Waals surface area contributed by atoms with Crippen LogP contribution in [-0.2, 0) is 11.2 Å². The Morgan fingerprint density at radius 1 is 1.60 bits per heavy atom. The van der Waals surface area contributed by atoms with Crippen molar-refractivity contribution in [2.24, 2.45) is 5.11 Å². The average Bonchev–Trinajstić information content (AvgIpc) is 2.86. The Bertz CT molecular complexity index is 552. The second-order valence-corrected chi connectivity index (χ2v) is 4.92. The second-order valence-electron chi connectivity index (χ2n) is 4.92. The normalized spacial score (nSPS) is 14.6. The van der Waals surface area contributed by atoms with Crippen LogP contribution in [-0.4, -0.2) is 24.1 Å². The van der Waals surface area contributed by atoms with Crippen molar-refractivity contribution in [3.05, 3.63) is 39.8 Å². The Morgan fingerprint density at radius 2 is 2.40 bits per heavy atom. The highest BCUT2D eigenvalue weighted by Crippen LogP contribution is 2.31. The molecule has 2 rings (SSSR count). The van der Waals surface area contributed by atoms with E-state index in [1.54, 1.807) is 11.8 Å². The summed E-state index contributed by atoms with van der Waals surface area (Å²) < 4.78 is 0. The zero-order chi connectivity index (χ0) is 14.5. The predicted molar refractivity (Wildman–Crippen MR) is 76.4 cm³/mol. The smallest absolute Gasteiger partial charge is 0.223 e. The third kappa shape index (κ3) is 3.10. The average molecular weight is 274 g/mol. The minimum absolute atomic E-state index is 0.0476.